The van der Waals surface area contributed by atoms with Gasteiger partial charge in [0.1, 0.15) is 0 Å². The minimum Gasteiger partial charge on any atom is -0.352 e. The minimum absolute atomic E-state index is 0.0165. The summed E-state index contributed by atoms with van der Waals surface area (Å²) in [6.45, 7) is 7.16. The zero-order valence-electron chi connectivity index (χ0n) is 11.6. The lowest BCUT2D eigenvalue weighted by Crippen LogP contribution is -2.24. The van der Waals surface area contributed by atoms with E-state index in [0.717, 1.165) is 30.5 Å². The summed E-state index contributed by atoms with van der Waals surface area (Å²) >= 11 is 0. The number of unbranched alkanes of at least 4 members (excludes halogenated alkanes) is 1. The van der Waals surface area contributed by atoms with Crippen LogP contribution in [0.1, 0.15) is 49.5 Å². The van der Waals surface area contributed by atoms with Crippen LogP contribution < -0.4 is 5.32 Å². The highest BCUT2D eigenvalue weighted by Gasteiger charge is 2.03. The molecule has 1 amide bonds. The van der Waals surface area contributed by atoms with Crippen molar-refractivity contribution in [2.24, 2.45) is 5.92 Å². The Bertz CT molecular complexity index is 390. The van der Waals surface area contributed by atoms with Crippen molar-refractivity contribution in [1.82, 2.24) is 5.32 Å². The topological polar surface area (TPSA) is 29.1 Å². The van der Waals surface area contributed by atoms with Crippen LogP contribution in [0.3, 0.4) is 0 Å². The number of hydrogen-bond acceptors (Lipinski definition) is 1. The van der Waals surface area contributed by atoms with Crippen molar-refractivity contribution in [3.63, 3.8) is 0 Å². The number of carbonyl (C=O) groups excluding carboxylic acids is 1. The second-order valence-electron chi connectivity index (χ2n) is 4.83. The van der Waals surface area contributed by atoms with E-state index in [1.807, 2.05) is 24.3 Å². The van der Waals surface area contributed by atoms with Crippen molar-refractivity contribution in [2.75, 3.05) is 6.54 Å². The molecule has 98 valence electrons. The Balaban J connectivity index is 2.56. The highest BCUT2D eigenvalue weighted by Crippen LogP contribution is 2.08. The summed E-state index contributed by atoms with van der Waals surface area (Å²) in [6.07, 6.45) is 6.36. The van der Waals surface area contributed by atoms with Crippen LogP contribution in [0, 0.1) is 5.92 Å². The Labute approximate surface area is 110 Å². The van der Waals surface area contributed by atoms with E-state index in [-0.39, 0.29) is 5.91 Å². The van der Waals surface area contributed by atoms with Gasteiger partial charge < -0.3 is 5.32 Å². The lowest BCUT2D eigenvalue weighted by molar-refractivity contribution is 0.0953. The number of hydrogen-bond donors (Lipinski definition) is 1. The van der Waals surface area contributed by atoms with Crippen molar-refractivity contribution in [3.05, 3.63) is 41.5 Å². The molecule has 0 aromatic heterocycles. The zero-order chi connectivity index (χ0) is 13.4. The summed E-state index contributed by atoms with van der Waals surface area (Å²) in [6, 6.07) is 7.71. The maximum Gasteiger partial charge on any atom is 0.251 e. The Hall–Kier alpha value is -1.57. The van der Waals surface area contributed by atoms with Crippen molar-refractivity contribution < 1.29 is 4.79 Å². The molecule has 0 heterocycles. The molecule has 0 atom stereocenters. The number of amides is 1. The SMILES string of the molecule is CCCCNC(=O)c1ccc(/C=C/C(C)C)cc1. The van der Waals surface area contributed by atoms with E-state index < -0.39 is 0 Å². The first-order valence-corrected chi connectivity index (χ1v) is 6.70. The summed E-state index contributed by atoms with van der Waals surface area (Å²) in [7, 11) is 0. The molecule has 0 saturated heterocycles. The number of rotatable bonds is 6. The van der Waals surface area contributed by atoms with Crippen molar-refractivity contribution in [2.45, 2.75) is 33.6 Å². The third-order valence-electron chi connectivity index (χ3n) is 2.66. The number of nitrogens with one attached hydrogen (secondary N) is 1. The Morgan fingerprint density at radius 1 is 1.28 bits per heavy atom. The molecule has 0 fully saturated rings. The van der Waals surface area contributed by atoms with Gasteiger partial charge in [0.2, 0.25) is 0 Å². The van der Waals surface area contributed by atoms with Gasteiger partial charge in [0, 0.05) is 12.1 Å². The van der Waals surface area contributed by atoms with E-state index in [4.69, 9.17) is 0 Å². The average Bonchev–Trinajstić information content (AvgIpc) is 2.37. The van der Waals surface area contributed by atoms with Crippen LogP contribution in [0.25, 0.3) is 6.08 Å². The number of allylic oxidation sites excluding steroid dienone is 1. The molecule has 0 spiro atoms. The van der Waals surface area contributed by atoms with Crippen LogP contribution in [-0.4, -0.2) is 12.5 Å². The van der Waals surface area contributed by atoms with E-state index in [1.54, 1.807) is 0 Å². The maximum atomic E-state index is 11.8. The van der Waals surface area contributed by atoms with Gasteiger partial charge in [-0.1, -0.05) is 51.5 Å². The summed E-state index contributed by atoms with van der Waals surface area (Å²) in [5, 5.41) is 2.91. The van der Waals surface area contributed by atoms with Crippen LogP contribution >= 0.6 is 0 Å². The van der Waals surface area contributed by atoms with Crippen LogP contribution in [0.4, 0.5) is 0 Å². The molecule has 0 unspecified atom stereocenters. The van der Waals surface area contributed by atoms with Crippen LogP contribution in [0.15, 0.2) is 30.3 Å². The largest absolute Gasteiger partial charge is 0.352 e. The molecule has 1 aromatic carbocycles. The molecule has 1 aromatic rings. The molecular weight excluding hydrogens is 222 g/mol. The van der Waals surface area contributed by atoms with Gasteiger partial charge in [0.25, 0.3) is 5.91 Å². The second-order valence-corrected chi connectivity index (χ2v) is 4.83. The molecule has 2 heteroatoms. The molecule has 2 nitrogen and oxygen atoms in total. The van der Waals surface area contributed by atoms with Crippen LogP contribution in [-0.2, 0) is 0 Å². The Kier molecular flexibility index (Phi) is 6.20. The van der Waals surface area contributed by atoms with Gasteiger partial charge in [0.15, 0.2) is 0 Å². The molecule has 0 radical (unpaired) electrons. The third kappa shape index (κ3) is 5.17. The first kappa shape index (κ1) is 14.5. The first-order valence-electron chi connectivity index (χ1n) is 6.70. The summed E-state index contributed by atoms with van der Waals surface area (Å²) in [4.78, 5) is 11.8. The molecule has 1 N–H and O–H groups in total. The molecule has 1 rings (SSSR count). The van der Waals surface area contributed by atoms with Crippen LogP contribution in [0.2, 0.25) is 0 Å². The van der Waals surface area contributed by atoms with Crippen molar-refractivity contribution in [1.29, 1.82) is 0 Å². The second kappa shape index (κ2) is 7.70. The van der Waals surface area contributed by atoms with Gasteiger partial charge in [-0.2, -0.15) is 0 Å². The van der Waals surface area contributed by atoms with Gasteiger partial charge in [-0.3, -0.25) is 4.79 Å². The van der Waals surface area contributed by atoms with Gasteiger partial charge in [-0.05, 0) is 30.0 Å². The Morgan fingerprint density at radius 2 is 1.94 bits per heavy atom. The quantitative estimate of drug-likeness (QED) is 0.757. The lowest BCUT2D eigenvalue weighted by atomic mass is 10.1. The van der Waals surface area contributed by atoms with E-state index in [1.165, 1.54) is 0 Å². The molecular formula is C16H23NO. The molecule has 0 aliphatic heterocycles. The monoisotopic (exact) mass is 245 g/mol. The predicted molar refractivity (Wildman–Crippen MR) is 77.6 cm³/mol. The van der Waals surface area contributed by atoms with Gasteiger partial charge in [-0.25, -0.2) is 0 Å². The van der Waals surface area contributed by atoms with E-state index in [9.17, 15) is 4.79 Å². The molecule has 18 heavy (non-hydrogen) atoms. The molecule has 0 aliphatic carbocycles. The van der Waals surface area contributed by atoms with E-state index in [2.05, 4.69) is 38.2 Å². The van der Waals surface area contributed by atoms with E-state index >= 15 is 0 Å². The number of benzene rings is 1. The van der Waals surface area contributed by atoms with E-state index in [0.29, 0.717) is 5.92 Å². The zero-order valence-corrected chi connectivity index (χ0v) is 11.6. The normalized spacial score (nSPS) is 11.1. The molecule has 0 aliphatic rings. The lowest BCUT2D eigenvalue weighted by Gasteiger charge is -2.04. The van der Waals surface area contributed by atoms with Crippen LogP contribution in [0.5, 0.6) is 0 Å². The highest BCUT2D eigenvalue weighted by atomic mass is 16.1. The smallest absolute Gasteiger partial charge is 0.251 e. The fourth-order valence-corrected chi connectivity index (χ4v) is 1.53. The number of carbonyl (C=O) groups is 1. The summed E-state index contributed by atoms with van der Waals surface area (Å²) in [5.41, 5.74) is 1.86. The summed E-state index contributed by atoms with van der Waals surface area (Å²) in [5.74, 6) is 0.560. The third-order valence-corrected chi connectivity index (χ3v) is 2.66. The van der Waals surface area contributed by atoms with Gasteiger partial charge in [0.05, 0.1) is 0 Å². The van der Waals surface area contributed by atoms with Crippen molar-refractivity contribution in [3.8, 4) is 0 Å². The van der Waals surface area contributed by atoms with Gasteiger partial charge in [-0.15, -0.1) is 0 Å². The highest BCUT2D eigenvalue weighted by molar-refractivity contribution is 5.94. The fraction of sp³-hybridized carbons (Fsp3) is 0.438. The van der Waals surface area contributed by atoms with Crippen molar-refractivity contribution >= 4 is 12.0 Å². The summed E-state index contributed by atoms with van der Waals surface area (Å²) < 4.78 is 0. The minimum atomic E-state index is 0.0165. The van der Waals surface area contributed by atoms with Gasteiger partial charge >= 0.3 is 0 Å². The first-order chi connectivity index (χ1) is 8.63. The fourth-order valence-electron chi connectivity index (χ4n) is 1.53. The Morgan fingerprint density at radius 3 is 2.50 bits per heavy atom. The maximum absolute atomic E-state index is 11.8. The average molecular weight is 245 g/mol. The standard InChI is InChI=1S/C16H23NO/c1-4-5-12-17-16(18)15-10-8-14(9-11-15)7-6-13(2)3/h6-11,13H,4-5,12H2,1-3H3,(H,17,18)/b7-6+. The molecule has 0 bridgehead atoms. The predicted octanol–water partition coefficient (Wildman–Crippen LogP) is 3.89. The molecule has 0 saturated carbocycles.